The van der Waals surface area contributed by atoms with Crippen molar-refractivity contribution in [1.29, 1.82) is 0 Å². The Morgan fingerprint density at radius 2 is 1.75 bits per heavy atom. The van der Waals surface area contributed by atoms with E-state index in [1.807, 2.05) is 6.07 Å². The number of pyridine rings is 1. The largest absolute Gasteiger partial charge is 0.308 e. The van der Waals surface area contributed by atoms with Crippen molar-refractivity contribution in [1.82, 2.24) is 9.38 Å². The van der Waals surface area contributed by atoms with Crippen molar-refractivity contribution in [2.45, 2.75) is 5.38 Å². The number of carbonyl (C=O) groups excluding carboxylic acids is 1. The first-order chi connectivity index (χ1) is 13.5. The lowest BCUT2D eigenvalue weighted by atomic mass is 10.1. The van der Waals surface area contributed by atoms with E-state index in [9.17, 15) is 13.6 Å². The Kier molecular flexibility index (Phi) is 4.79. The summed E-state index contributed by atoms with van der Waals surface area (Å²) in [4.78, 5) is 17.2. The van der Waals surface area contributed by atoms with Crippen LogP contribution in [0.15, 0.2) is 72.9 Å². The number of hydrogen-bond acceptors (Lipinski definition) is 2. The number of alkyl halides is 1. The van der Waals surface area contributed by atoms with Gasteiger partial charge in [-0.3, -0.25) is 9.20 Å². The van der Waals surface area contributed by atoms with Crippen LogP contribution in [0.2, 0.25) is 0 Å². The third-order valence-corrected chi connectivity index (χ3v) is 4.74. The van der Waals surface area contributed by atoms with Gasteiger partial charge < -0.3 is 5.32 Å². The Bertz CT molecular complexity index is 1160. The highest BCUT2D eigenvalue weighted by Crippen LogP contribution is 2.31. The zero-order valence-corrected chi connectivity index (χ0v) is 15.2. The van der Waals surface area contributed by atoms with Gasteiger partial charge in [-0.05, 0) is 35.9 Å². The molecule has 0 fully saturated rings. The Labute approximate surface area is 164 Å². The summed E-state index contributed by atoms with van der Waals surface area (Å²) in [6.45, 7) is 0. The second-order valence-electron chi connectivity index (χ2n) is 6.13. The summed E-state index contributed by atoms with van der Waals surface area (Å²) in [5.74, 6) is -2.08. The van der Waals surface area contributed by atoms with Gasteiger partial charge in [-0.15, -0.1) is 11.6 Å². The van der Waals surface area contributed by atoms with Gasteiger partial charge >= 0.3 is 0 Å². The summed E-state index contributed by atoms with van der Waals surface area (Å²) in [5.41, 5.74) is 1.84. The third kappa shape index (κ3) is 3.34. The zero-order valence-electron chi connectivity index (χ0n) is 14.4. The molecule has 0 spiro atoms. The van der Waals surface area contributed by atoms with Gasteiger partial charge in [-0.2, -0.15) is 0 Å². The topological polar surface area (TPSA) is 46.4 Å². The number of nitrogens with zero attached hydrogens (tertiary/aromatic N) is 2. The van der Waals surface area contributed by atoms with E-state index in [1.165, 1.54) is 6.07 Å². The van der Waals surface area contributed by atoms with Crippen LogP contribution in [-0.4, -0.2) is 15.3 Å². The minimum atomic E-state index is -0.994. The molecule has 1 amide bonds. The smallest absolute Gasteiger partial charge is 0.248 e. The number of benzene rings is 2. The van der Waals surface area contributed by atoms with Crippen molar-refractivity contribution in [3.8, 4) is 11.3 Å². The molecule has 0 aliphatic carbocycles. The van der Waals surface area contributed by atoms with Crippen LogP contribution in [0.25, 0.3) is 16.9 Å². The SMILES string of the molecule is O=C(Nc1c(-c2ccc(F)c(F)c2)nc2ccccn12)C(Cl)c1ccccc1. The van der Waals surface area contributed by atoms with Gasteiger partial charge in [-0.25, -0.2) is 13.8 Å². The van der Waals surface area contributed by atoms with Gasteiger partial charge in [0.1, 0.15) is 22.5 Å². The van der Waals surface area contributed by atoms with Crippen molar-refractivity contribution in [3.05, 3.63) is 90.1 Å². The second kappa shape index (κ2) is 7.40. The molecule has 4 aromatic rings. The van der Waals surface area contributed by atoms with Crippen molar-refractivity contribution < 1.29 is 13.6 Å². The molecule has 4 nitrogen and oxygen atoms in total. The third-order valence-electron chi connectivity index (χ3n) is 4.29. The van der Waals surface area contributed by atoms with Crippen LogP contribution in [-0.2, 0) is 4.79 Å². The quantitative estimate of drug-likeness (QED) is 0.481. The Morgan fingerprint density at radius 3 is 2.50 bits per heavy atom. The molecule has 0 bridgehead atoms. The number of fused-ring (bicyclic) bond motifs is 1. The molecule has 28 heavy (non-hydrogen) atoms. The average Bonchev–Trinajstić information content (AvgIpc) is 3.08. The highest BCUT2D eigenvalue weighted by Gasteiger charge is 2.22. The number of imidazole rings is 1. The van der Waals surface area contributed by atoms with Crippen LogP contribution in [0.1, 0.15) is 10.9 Å². The van der Waals surface area contributed by atoms with E-state index >= 15 is 0 Å². The lowest BCUT2D eigenvalue weighted by Gasteiger charge is -2.12. The lowest BCUT2D eigenvalue weighted by Crippen LogP contribution is -2.18. The molecule has 0 aliphatic rings. The minimum Gasteiger partial charge on any atom is -0.308 e. The van der Waals surface area contributed by atoms with E-state index in [0.29, 0.717) is 28.3 Å². The summed E-state index contributed by atoms with van der Waals surface area (Å²) < 4.78 is 28.7. The van der Waals surface area contributed by atoms with Crippen LogP contribution in [0.3, 0.4) is 0 Å². The predicted octanol–water partition coefficient (Wildman–Crippen LogP) is 5.20. The van der Waals surface area contributed by atoms with E-state index < -0.39 is 22.9 Å². The summed E-state index contributed by atoms with van der Waals surface area (Å²) in [5, 5.41) is 1.85. The zero-order chi connectivity index (χ0) is 19.7. The highest BCUT2D eigenvalue weighted by molar-refractivity contribution is 6.32. The normalized spacial score (nSPS) is 12.1. The van der Waals surface area contributed by atoms with Crippen molar-refractivity contribution in [2.24, 2.45) is 0 Å². The number of hydrogen-bond donors (Lipinski definition) is 1. The van der Waals surface area contributed by atoms with Crippen LogP contribution in [0.5, 0.6) is 0 Å². The molecule has 2 aromatic heterocycles. The molecule has 1 atom stereocenters. The maximum atomic E-state index is 13.7. The summed E-state index contributed by atoms with van der Waals surface area (Å²) in [6, 6.07) is 17.7. The molecule has 0 radical (unpaired) electrons. The van der Waals surface area contributed by atoms with Crippen LogP contribution >= 0.6 is 11.6 Å². The molecule has 2 aromatic carbocycles. The summed E-state index contributed by atoms with van der Waals surface area (Å²) in [6.07, 6.45) is 1.72. The van der Waals surface area contributed by atoms with E-state index in [2.05, 4.69) is 10.3 Å². The van der Waals surface area contributed by atoms with Crippen molar-refractivity contribution >= 4 is 29.0 Å². The number of aromatic nitrogens is 2. The Hall–Kier alpha value is -3.25. The fourth-order valence-corrected chi connectivity index (χ4v) is 3.11. The average molecular weight is 398 g/mol. The molecular weight excluding hydrogens is 384 g/mol. The van der Waals surface area contributed by atoms with Gasteiger partial charge in [0.25, 0.3) is 0 Å². The van der Waals surface area contributed by atoms with E-state index in [1.54, 1.807) is 53.1 Å². The first-order valence-electron chi connectivity index (χ1n) is 8.47. The van der Waals surface area contributed by atoms with E-state index in [0.717, 1.165) is 12.1 Å². The fraction of sp³-hybridized carbons (Fsp3) is 0.0476. The first-order valence-corrected chi connectivity index (χ1v) is 8.90. The molecule has 7 heteroatoms. The van der Waals surface area contributed by atoms with Gasteiger partial charge in [0, 0.05) is 11.8 Å². The number of nitrogens with one attached hydrogen (secondary N) is 1. The number of rotatable bonds is 4. The minimum absolute atomic E-state index is 0.315. The molecule has 0 saturated carbocycles. The molecule has 2 heterocycles. The number of carbonyl (C=O) groups is 1. The van der Waals surface area contributed by atoms with Crippen LogP contribution < -0.4 is 5.32 Å². The van der Waals surface area contributed by atoms with Gasteiger partial charge in [0.05, 0.1) is 0 Å². The molecule has 4 rings (SSSR count). The van der Waals surface area contributed by atoms with E-state index in [-0.39, 0.29) is 0 Å². The Balaban J connectivity index is 1.77. The standard InChI is InChI=1S/C21H14ClF2N3O/c22-18(13-6-2-1-3-7-13)21(28)26-20-19(14-9-10-15(23)16(24)12-14)25-17-8-4-5-11-27(17)20/h1-12,18H,(H,26,28). The maximum absolute atomic E-state index is 13.7. The Morgan fingerprint density at radius 1 is 1.00 bits per heavy atom. The highest BCUT2D eigenvalue weighted by atomic mass is 35.5. The number of halogens is 3. The maximum Gasteiger partial charge on any atom is 0.248 e. The number of anilines is 1. The number of amides is 1. The van der Waals surface area contributed by atoms with Gasteiger partial charge in [0.2, 0.25) is 5.91 Å². The molecular formula is C21H14ClF2N3O. The van der Waals surface area contributed by atoms with Crippen molar-refractivity contribution in [2.75, 3.05) is 5.32 Å². The van der Waals surface area contributed by atoms with Crippen molar-refractivity contribution in [3.63, 3.8) is 0 Å². The molecule has 1 unspecified atom stereocenters. The fourth-order valence-electron chi connectivity index (χ4n) is 2.91. The van der Waals surface area contributed by atoms with Gasteiger partial charge in [0.15, 0.2) is 11.6 Å². The van der Waals surface area contributed by atoms with E-state index in [4.69, 9.17) is 11.6 Å². The molecule has 1 N–H and O–H groups in total. The first kappa shape index (κ1) is 18.1. The predicted molar refractivity (Wildman–Crippen MR) is 104 cm³/mol. The molecule has 140 valence electrons. The molecule has 0 aliphatic heterocycles. The summed E-state index contributed by atoms with van der Waals surface area (Å²) >= 11 is 6.32. The second-order valence-corrected chi connectivity index (χ2v) is 6.57. The molecule has 0 saturated heterocycles. The van der Waals surface area contributed by atoms with Crippen LogP contribution in [0, 0.1) is 11.6 Å². The monoisotopic (exact) mass is 397 g/mol. The summed E-state index contributed by atoms with van der Waals surface area (Å²) in [7, 11) is 0. The van der Waals surface area contributed by atoms with Crippen LogP contribution in [0.4, 0.5) is 14.6 Å². The lowest BCUT2D eigenvalue weighted by molar-refractivity contribution is -0.116. The van der Waals surface area contributed by atoms with Gasteiger partial charge in [-0.1, -0.05) is 36.4 Å².